The number of benzene rings is 1. The summed E-state index contributed by atoms with van der Waals surface area (Å²) in [6.45, 7) is -0.0559. The van der Waals surface area contributed by atoms with E-state index in [0.29, 0.717) is 27.3 Å². The molecule has 1 N–H and O–H groups in total. The number of hydrogen-bond donors (Lipinski definition) is 1. The van der Waals surface area contributed by atoms with E-state index in [4.69, 9.17) is 20.3 Å². The summed E-state index contributed by atoms with van der Waals surface area (Å²) in [6, 6.07) is 5.63. The zero-order chi connectivity index (χ0) is 21.0. The van der Waals surface area contributed by atoms with Gasteiger partial charge in [0.05, 0.1) is 19.9 Å². The molecule has 3 rings (SSSR count). The molecule has 148 valence electrons. The van der Waals surface area contributed by atoms with Crippen molar-refractivity contribution in [3.63, 3.8) is 0 Å². The predicted molar refractivity (Wildman–Crippen MR) is 106 cm³/mol. The van der Waals surface area contributed by atoms with Gasteiger partial charge in [-0.15, -0.1) is 6.42 Å². The first-order chi connectivity index (χ1) is 13.9. The number of ether oxygens (including phenoxy) is 2. The third kappa shape index (κ3) is 4.33. The van der Waals surface area contributed by atoms with E-state index in [0.717, 1.165) is 4.90 Å². The Balaban J connectivity index is 1.95. The first-order valence-corrected chi connectivity index (χ1v) is 9.09. The largest absolute Gasteiger partial charge is 0.493 e. The van der Waals surface area contributed by atoms with Crippen LogP contribution in [0.3, 0.4) is 0 Å². The van der Waals surface area contributed by atoms with E-state index in [1.54, 1.807) is 24.3 Å². The fourth-order valence-electron chi connectivity index (χ4n) is 2.60. The number of terminal acetylenes is 1. The molecular weight excluding hydrogens is 444 g/mol. The van der Waals surface area contributed by atoms with E-state index in [1.165, 1.54) is 19.4 Å². The van der Waals surface area contributed by atoms with Crippen molar-refractivity contribution in [2.75, 3.05) is 13.7 Å². The second-order valence-corrected chi connectivity index (χ2v) is 6.66. The smallest absolute Gasteiger partial charge is 0.331 e. The molecule has 4 amide bonds. The SMILES string of the molecule is C#CCOc1cc(Br)c(C=C2C(=O)NC(=O)N(Cc3ccco3)C2=O)cc1OC. The van der Waals surface area contributed by atoms with Crippen LogP contribution in [0.15, 0.2) is 45.0 Å². The zero-order valence-electron chi connectivity index (χ0n) is 15.2. The Labute approximate surface area is 174 Å². The molecule has 1 aliphatic rings. The highest BCUT2D eigenvalue weighted by Crippen LogP contribution is 2.35. The molecule has 1 saturated heterocycles. The zero-order valence-corrected chi connectivity index (χ0v) is 16.8. The van der Waals surface area contributed by atoms with Crippen LogP contribution in [0.1, 0.15) is 11.3 Å². The van der Waals surface area contributed by atoms with E-state index in [2.05, 4.69) is 27.2 Å². The van der Waals surface area contributed by atoms with Gasteiger partial charge in [0.2, 0.25) is 0 Å². The predicted octanol–water partition coefficient (Wildman–Crippen LogP) is 2.72. The van der Waals surface area contributed by atoms with Crippen molar-refractivity contribution in [1.82, 2.24) is 10.2 Å². The number of hydrogen-bond acceptors (Lipinski definition) is 6. The number of furan rings is 1. The monoisotopic (exact) mass is 458 g/mol. The average molecular weight is 459 g/mol. The van der Waals surface area contributed by atoms with Gasteiger partial charge in [-0.3, -0.25) is 19.8 Å². The summed E-state index contributed by atoms with van der Waals surface area (Å²) in [5, 5.41) is 2.15. The molecular formula is C20H15BrN2O6. The van der Waals surface area contributed by atoms with Crippen LogP contribution in [-0.2, 0) is 16.1 Å². The molecule has 1 aromatic carbocycles. The summed E-state index contributed by atoms with van der Waals surface area (Å²) in [5.41, 5.74) is 0.261. The molecule has 0 saturated carbocycles. The summed E-state index contributed by atoms with van der Waals surface area (Å²) in [7, 11) is 1.45. The quantitative estimate of drug-likeness (QED) is 0.406. The van der Waals surface area contributed by atoms with Crippen molar-refractivity contribution in [3.8, 4) is 23.8 Å². The van der Waals surface area contributed by atoms with Crippen LogP contribution in [0.25, 0.3) is 6.08 Å². The average Bonchev–Trinajstić information content (AvgIpc) is 3.21. The lowest BCUT2D eigenvalue weighted by Crippen LogP contribution is -2.53. The minimum absolute atomic E-state index is 0.0496. The number of urea groups is 1. The van der Waals surface area contributed by atoms with Crippen LogP contribution >= 0.6 is 15.9 Å². The molecule has 0 spiro atoms. The van der Waals surface area contributed by atoms with Crippen molar-refractivity contribution in [3.05, 3.63) is 51.9 Å². The van der Waals surface area contributed by atoms with Crippen molar-refractivity contribution >= 4 is 39.9 Å². The van der Waals surface area contributed by atoms with Gasteiger partial charge in [0.25, 0.3) is 11.8 Å². The van der Waals surface area contributed by atoms with Gasteiger partial charge in [-0.25, -0.2) is 4.79 Å². The Kier molecular flexibility index (Phi) is 6.04. The Hall–Kier alpha value is -3.51. The Bertz CT molecular complexity index is 1040. The van der Waals surface area contributed by atoms with E-state index in [-0.39, 0.29) is 18.7 Å². The highest BCUT2D eigenvalue weighted by molar-refractivity contribution is 9.10. The normalized spacial score (nSPS) is 15.3. The molecule has 2 heterocycles. The van der Waals surface area contributed by atoms with Gasteiger partial charge >= 0.3 is 6.03 Å². The third-order valence-electron chi connectivity index (χ3n) is 3.97. The number of nitrogens with one attached hydrogen (secondary N) is 1. The molecule has 1 aliphatic heterocycles. The standard InChI is InChI=1S/C20H15BrN2O6/c1-3-6-29-17-10-15(21)12(9-16(17)27-2)8-14-18(24)22-20(26)23(19(14)25)11-13-5-4-7-28-13/h1,4-5,7-10H,6,11H2,2H3,(H,22,24,26). The van der Waals surface area contributed by atoms with E-state index < -0.39 is 17.8 Å². The Morgan fingerprint density at radius 3 is 2.76 bits per heavy atom. The first-order valence-electron chi connectivity index (χ1n) is 8.29. The second kappa shape index (κ2) is 8.67. The highest BCUT2D eigenvalue weighted by Gasteiger charge is 2.36. The highest BCUT2D eigenvalue weighted by atomic mass is 79.9. The van der Waals surface area contributed by atoms with Gasteiger partial charge in [-0.1, -0.05) is 21.9 Å². The number of imide groups is 2. The fraction of sp³-hybridized carbons (Fsp3) is 0.150. The van der Waals surface area contributed by atoms with E-state index in [9.17, 15) is 14.4 Å². The lowest BCUT2D eigenvalue weighted by Gasteiger charge is -2.25. The summed E-state index contributed by atoms with van der Waals surface area (Å²) in [4.78, 5) is 38.1. The molecule has 0 atom stereocenters. The molecule has 0 bridgehead atoms. The Morgan fingerprint density at radius 1 is 1.31 bits per heavy atom. The van der Waals surface area contributed by atoms with Crippen molar-refractivity contribution in [1.29, 1.82) is 0 Å². The summed E-state index contributed by atoms with van der Waals surface area (Å²) in [5.74, 6) is 1.98. The minimum atomic E-state index is -0.816. The number of amides is 4. The van der Waals surface area contributed by atoms with Gasteiger partial charge in [0.1, 0.15) is 17.9 Å². The van der Waals surface area contributed by atoms with Crippen LogP contribution in [-0.4, -0.2) is 36.5 Å². The lowest BCUT2D eigenvalue weighted by atomic mass is 10.1. The fourth-order valence-corrected chi connectivity index (χ4v) is 3.04. The second-order valence-electron chi connectivity index (χ2n) is 5.81. The molecule has 0 unspecified atom stereocenters. The number of methoxy groups -OCH3 is 1. The lowest BCUT2D eigenvalue weighted by molar-refractivity contribution is -0.130. The number of carbonyl (C=O) groups excluding carboxylic acids is 3. The minimum Gasteiger partial charge on any atom is -0.493 e. The number of halogens is 1. The van der Waals surface area contributed by atoms with Gasteiger partial charge in [0, 0.05) is 4.47 Å². The number of nitrogens with zero attached hydrogens (tertiary/aromatic N) is 1. The number of rotatable bonds is 6. The Morgan fingerprint density at radius 2 is 2.10 bits per heavy atom. The van der Waals surface area contributed by atoms with Gasteiger partial charge < -0.3 is 13.9 Å². The molecule has 1 aromatic heterocycles. The first kappa shape index (κ1) is 20.2. The van der Waals surface area contributed by atoms with E-state index in [1.807, 2.05) is 0 Å². The van der Waals surface area contributed by atoms with Crippen LogP contribution < -0.4 is 14.8 Å². The maximum atomic E-state index is 12.8. The van der Waals surface area contributed by atoms with Crippen LogP contribution in [0.4, 0.5) is 4.79 Å². The molecule has 2 aromatic rings. The van der Waals surface area contributed by atoms with Crippen LogP contribution in [0.2, 0.25) is 0 Å². The van der Waals surface area contributed by atoms with Gasteiger partial charge in [-0.2, -0.15) is 0 Å². The molecule has 0 radical (unpaired) electrons. The van der Waals surface area contributed by atoms with Crippen LogP contribution in [0.5, 0.6) is 11.5 Å². The summed E-state index contributed by atoms with van der Waals surface area (Å²) < 4.78 is 16.4. The topological polar surface area (TPSA) is 98.1 Å². The van der Waals surface area contributed by atoms with Crippen molar-refractivity contribution in [2.45, 2.75) is 6.54 Å². The summed E-state index contributed by atoms with van der Waals surface area (Å²) >= 11 is 3.37. The number of barbiturate groups is 1. The molecule has 8 nitrogen and oxygen atoms in total. The maximum absolute atomic E-state index is 12.8. The summed E-state index contributed by atoms with van der Waals surface area (Å²) in [6.07, 6.45) is 7.99. The van der Waals surface area contributed by atoms with Crippen molar-refractivity contribution in [2.24, 2.45) is 0 Å². The maximum Gasteiger partial charge on any atom is 0.331 e. The van der Waals surface area contributed by atoms with Gasteiger partial charge in [-0.05, 0) is 35.9 Å². The molecule has 29 heavy (non-hydrogen) atoms. The molecule has 1 fully saturated rings. The molecule has 0 aliphatic carbocycles. The third-order valence-corrected chi connectivity index (χ3v) is 4.66. The number of carbonyl (C=O) groups is 3. The van der Waals surface area contributed by atoms with Crippen LogP contribution in [0, 0.1) is 12.3 Å². The molecule has 9 heteroatoms. The van der Waals surface area contributed by atoms with E-state index >= 15 is 0 Å². The van der Waals surface area contributed by atoms with Crippen molar-refractivity contribution < 1.29 is 28.3 Å². The van der Waals surface area contributed by atoms with Gasteiger partial charge in [0.15, 0.2) is 11.5 Å².